The lowest BCUT2D eigenvalue weighted by Crippen LogP contribution is -2.33. The van der Waals surface area contributed by atoms with Crippen molar-refractivity contribution in [3.05, 3.63) is 22.2 Å². The van der Waals surface area contributed by atoms with Gasteiger partial charge in [-0.25, -0.2) is 13.1 Å². The normalized spacial score (nSPS) is 12.7. The fourth-order valence-electron chi connectivity index (χ4n) is 1.32. The van der Waals surface area contributed by atoms with Gasteiger partial charge in [0.25, 0.3) is 0 Å². The lowest BCUT2D eigenvalue weighted by atomic mass is 9.91. The van der Waals surface area contributed by atoms with Crippen LogP contribution in [0.3, 0.4) is 0 Å². The SMILES string of the molecule is CCC(C)(C)CNS(=O)(=O)c1c(Cl)cc(N)cc1Cl. The van der Waals surface area contributed by atoms with Crippen LogP contribution >= 0.6 is 23.2 Å². The van der Waals surface area contributed by atoms with Crippen LogP contribution in [0.5, 0.6) is 0 Å². The average molecular weight is 325 g/mol. The Morgan fingerprint density at radius 2 is 1.74 bits per heavy atom. The lowest BCUT2D eigenvalue weighted by Gasteiger charge is -2.23. The molecule has 1 rings (SSSR count). The molecule has 0 aliphatic rings. The van der Waals surface area contributed by atoms with Gasteiger partial charge in [-0.1, -0.05) is 44.0 Å². The van der Waals surface area contributed by atoms with Crippen LogP contribution in [0.2, 0.25) is 10.0 Å². The van der Waals surface area contributed by atoms with Crippen LogP contribution < -0.4 is 10.5 Å². The predicted molar refractivity (Wildman–Crippen MR) is 80.1 cm³/mol. The second-order valence-electron chi connectivity index (χ2n) is 5.16. The molecule has 0 fully saturated rings. The van der Waals surface area contributed by atoms with E-state index in [1.807, 2.05) is 20.8 Å². The summed E-state index contributed by atoms with van der Waals surface area (Å²) in [5.74, 6) is 0. The average Bonchev–Trinajstić information content (AvgIpc) is 2.25. The highest BCUT2D eigenvalue weighted by Crippen LogP contribution is 2.32. The number of nitrogen functional groups attached to an aromatic ring is 1. The molecule has 4 nitrogen and oxygen atoms in total. The third kappa shape index (κ3) is 4.24. The minimum absolute atomic E-state index is 0.0202. The summed E-state index contributed by atoms with van der Waals surface area (Å²) in [6, 6.07) is 2.74. The van der Waals surface area contributed by atoms with E-state index < -0.39 is 10.0 Å². The van der Waals surface area contributed by atoms with Crippen molar-refractivity contribution in [1.82, 2.24) is 4.72 Å². The largest absolute Gasteiger partial charge is 0.399 e. The molecule has 1 aromatic rings. The number of hydrogen-bond acceptors (Lipinski definition) is 3. The molecular formula is C12H18Cl2N2O2S. The van der Waals surface area contributed by atoms with Crippen LogP contribution in [0.15, 0.2) is 17.0 Å². The van der Waals surface area contributed by atoms with E-state index in [0.29, 0.717) is 12.2 Å². The Hall–Kier alpha value is -0.490. The van der Waals surface area contributed by atoms with Crippen LogP contribution in [0, 0.1) is 5.41 Å². The van der Waals surface area contributed by atoms with Gasteiger partial charge in [0.15, 0.2) is 0 Å². The van der Waals surface area contributed by atoms with Gasteiger partial charge in [-0.3, -0.25) is 0 Å². The molecule has 0 radical (unpaired) electrons. The van der Waals surface area contributed by atoms with Gasteiger partial charge >= 0.3 is 0 Å². The van der Waals surface area contributed by atoms with E-state index in [9.17, 15) is 8.42 Å². The molecule has 0 atom stereocenters. The molecule has 0 aromatic heterocycles. The van der Waals surface area contributed by atoms with Gasteiger partial charge in [0.1, 0.15) is 4.90 Å². The first kappa shape index (κ1) is 16.6. The van der Waals surface area contributed by atoms with Crippen molar-refractivity contribution in [1.29, 1.82) is 0 Å². The van der Waals surface area contributed by atoms with Crippen molar-refractivity contribution >= 4 is 38.9 Å². The second-order valence-corrected chi connectivity index (χ2v) is 7.67. The Kier molecular flexibility index (Phi) is 5.12. The predicted octanol–water partition coefficient (Wildman–Crippen LogP) is 3.29. The molecule has 0 aliphatic heterocycles. The van der Waals surface area contributed by atoms with Crippen LogP contribution in [0.25, 0.3) is 0 Å². The molecule has 0 amide bonds. The maximum absolute atomic E-state index is 12.2. The highest BCUT2D eigenvalue weighted by Gasteiger charge is 2.25. The zero-order chi connectivity index (χ0) is 14.8. The first-order valence-corrected chi connectivity index (χ1v) is 8.07. The van der Waals surface area contributed by atoms with Gasteiger partial charge in [-0.15, -0.1) is 0 Å². The Bertz CT molecular complexity index is 548. The van der Waals surface area contributed by atoms with Crippen LogP contribution in [-0.2, 0) is 10.0 Å². The van der Waals surface area contributed by atoms with Crippen molar-refractivity contribution < 1.29 is 8.42 Å². The summed E-state index contributed by atoms with van der Waals surface area (Å²) in [7, 11) is -3.75. The zero-order valence-electron chi connectivity index (χ0n) is 11.1. The number of nitrogens with one attached hydrogen (secondary N) is 1. The Labute approximate surface area is 124 Å². The van der Waals surface area contributed by atoms with Crippen molar-refractivity contribution in [2.75, 3.05) is 12.3 Å². The van der Waals surface area contributed by atoms with E-state index in [1.54, 1.807) is 0 Å². The van der Waals surface area contributed by atoms with E-state index in [1.165, 1.54) is 12.1 Å². The molecule has 0 bridgehead atoms. The molecular weight excluding hydrogens is 307 g/mol. The monoisotopic (exact) mass is 324 g/mol. The quantitative estimate of drug-likeness (QED) is 0.816. The highest BCUT2D eigenvalue weighted by molar-refractivity contribution is 7.89. The first-order valence-electron chi connectivity index (χ1n) is 5.83. The topological polar surface area (TPSA) is 72.2 Å². The smallest absolute Gasteiger partial charge is 0.243 e. The van der Waals surface area contributed by atoms with Gasteiger partial charge in [0.05, 0.1) is 10.0 Å². The Morgan fingerprint density at radius 3 is 2.16 bits per heavy atom. The minimum atomic E-state index is -3.75. The fraction of sp³-hybridized carbons (Fsp3) is 0.500. The second kappa shape index (κ2) is 5.87. The van der Waals surface area contributed by atoms with Crippen LogP contribution in [0.1, 0.15) is 27.2 Å². The van der Waals surface area contributed by atoms with Gasteiger partial charge < -0.3 is 5.73 Å². The standard InChI is InChI=1S/C12H18Cl2N2O2S/c1-4-12(2,3)7-16-19(17,18)11-9(13)5-8(15)6-10(11)14/h5-6,16H,4,7,15H2,1-3H3. The highest BCUT2D eigenvalue weighted by atomic mass is 35.5. The molecule has 3 N–H and O–H groups in total. The lowest BCUT2D eigenvalue weighted by molar-refractivity contribution is 0.350. The van der Waals surface area contributed by atoms with Crippen LogP contribution in [0.4, 0.5) is 5.69 Å². The summed E-state index contributed by atoms with van der Waals surface area (Å²) < 4.78 is 27.0. The molecule has 108 valence electrons. The van der Waals surface area contributed by atoms with Gasteiger partial charge in [-0.2, -0.15) is 0 Å². The molecule has 0 saturated carbocycles. The number of sulfonamides is 1. The van der Waals surface area contributed by atoms with Crippen LogP contribution in [-0.4, -0.2) is 15.0 Å². The zero-order valence-corrected chi connectivity index (χ0v) is 13.5. The van der Waals surface area contributed by atoms with Gasteiger partial charge in [0, 0.05) is 12.2 Å². The van der Waals surface area contributed by atoms with Crippen molar-refractivity contribution in [2.24, 2.45) is 5.41 Å². The number of halogens is 2. The summed E-state index contributed by atoms with van der Waals surface area (Å²) in [5.41, 5.74) is 5.74. The molecule has 0 heterocycles. The molecule has 7 heteroatoms. The van der Waals surface area contributed by atoms with Crippen molar-refractivity contribution in [3.63, 3.8) is 0 Å². The molecule has 0 spiro atoms. The van der Waals surface area contributed by atoms with E-state index >= 15 is 0 Å². The first-order chi connectivity index (χ1) is 8.59. The molecule has 19 heavy (non-hydrogen) atoms. The number of hydrogen-bond donors (Lipinski definition) is 2. The Balaban J connectivity index is 3.09. The maximum atomic E-state index is 12.2. The van der Waals surface area contributed by atoms with Crippen molar-refractivity contribution in [2.45, 2.75) is 32.1 Å². The van der Waals surface area contributed by atoms with Gasteiger partial charge in [-0.05, 0) is 24.0 Å². The summed E-state index contributed by atoms with van der Waals surface area (Å²) >= 11 is 11.8. The summed E-state index contributed by atoms with van der Waals surface area (Å²) in [6.07, 6.45) is 0.846. The molecule has 0 unspecified atom stereocenters. The van der Waals surface area contributed by atoms with E-state index in [-0.39, 0.29) is 20.4 Å². The van der Waals surface area contributed by atoms with E-state index in [0.717, 1.165) is 6.42 Å². The summed E-state index contributed by atoms with van der Waals surface area (Å²) in [5, 5.41) is 0.0404. The number of nitrogens with two attached hydrogens (primary N) is 1. The minimum Gasteiger partial charge on any atom is -0.399 e. The number of rotatable bonds is 5. The summed E-state index contributed by atoms with van der Waals surface area (Å²) in [4.78, 5) is -0.128. The molecule has 1 aromatic carbocycles. The van der Waals surface area contributed by atoms with E-state index in [2.05, 4.69) is 4.72 Å². The molecule has 0 aliphatic carbocycles. The third-order valence-electron chi connectivity index (χ3n) is 2.99. The fourth-order valence-corrected chi connectivity index (χ4v) is 3.79. The van der Waals surface area contributed by atoms with E-state index in [4.69, 9.17) is 28.9 Å². The number of anilines is 1. The van der Waals surface area contributed by atoms with Gasteiger partial charge in [0.2, 0.25) is 10.0 Å². The summed E-state index contributed by atoms with van der Waals surface area (Å²) in [6.45, 7) is 6.25. The van der Waals surface area contributed by atoms with Crippen molar-refractivity contribution in [3.8, 4) is 0 Å². The Morgan fingerprint density at radius 1 is 1.26 bits per heavy atom. The third-order valence-corrected chi connectivity index (χ3v) is 5.31. The molecule has 0 saturated heterocycles. The maximum Gasteiger partial charge on any atom is 0.243 e. The number of benzene rings is 1.